The van der Waals surface area contributed by atoms with Crippen molar-refractivity contribution in [1.82, 2.24) is 4.90 Å². The first kappa shape index (κ1) is 15.5. The summed E-state index contributed by atoms with van der Waals surface area (Å²) in [6.07, 6.45) is 10.2. The van der Waals surface area contributed by atoms with E-state index in [1.807, 2.05) is 11.0 Å². The Balaban J connectivity index is 1.67. The molecular weight excluding hydrogens is 282 g/mol. The van der Waals surface area contributed by atoms with Crippen LogP contribution in [0.4, 0.5) is 0 Å². The van der Waals surface area contributed by atoms with Crippen LogP contribution in [0.25, 0.3) is 5.57 Å². The van der Waals surface area contributed by atoms with Crippen LogP contribution in [0.1, 0.15) is 48.2 Å². The van der Waals surface area contributed by atoms with Crippen molar-refractivity contribution in [1.29, 1.82) is 0 Å². The lowest BCUT2D eigenvalue weighted by molar-refractivity contribution is 0.0780. The fraction of sp³-hybridized carbons (Fsp3) is 0.286. The summed E-state index contributed by atoms with van der Waals surface area (Å²) in [6, 6.07) is 6.30. The minimum atomic E-state index is 0.161. The molecule has 2 aliphatic rings. The Morgan fingerprint density at radius 2 is 2.09 bits per heavy atom. The van der Waals surface area contributed by atoms with Gasteiger partial charge in [-0.1, -0.05) is 48.6 Å². The lowest BCUT2D eigenvalue weighted by Crippen LogP contribution is -2.25. The van der Waals surface area contributed by atoms with Gasteiger partial charge in [-0.2, -0.15) is 0 Å². The SMILES string of the molecule is C=CC(=CC=C(C)C)CCN1Cc2ccc(C3=CC3)cc2C1=O. The molecule has 1 aromatic rings. The predicted molar refractivity (Wildman–Crippen MR) is 96.1 cm³/mol. The van der Waals surface area contributed by atoms with Gasteiger partial charge in [-0.15, -0.1) is 0 Å². The molecule has 0 fully saturated rings. The number of amides is 1. The Labute approximate surface area is 138 Å². The smallest absolute Gasteiger partial charge is 0.254 e. The van der Waals surface area contributed by atoms with Gasteiger partial charge in [-0.25, -0.2) is 0 Å². The second kappa shape index (κ2) is 6.41. The number of allylic oxidation sites excluding steroid dienone is 6. The molecule has 2 nitrogen and oxygen atoms in total. The van der Waals surface area contributed by atoms with Crippen LogP contribution in [0, 0.1) is 0 Å². The van der Waals surface area contributed by atoms with E-state index in [9.17, 15) is 4.79 Å². The summed E-state index contributed by atoms with van der Waals surface area (Å²) in [5, 5.41) is 0. The minimum absolute atomic E-state index is 0.161. The Hall–Kier alpha value is -2.35. The van der Waals surface area contributed by atoms with E-state index in [1.54, 1.807) is 0 Å². The van der Waals surface area contributed by atoms with Crippen molar-refractivity contribution in [2.24, 2.45) is 0 Å². The maximum absolute atomic E-state index is 12.6. The van der Waals surface area contributed by atoms with Gasteiger partial charge in [0, 0.05) is 18.7 Å². The first-order valence-electron chi connectivity index (χ1n) is 8.16. The summed E-state index contributed by atoms with van der Waals surface area (Å²) in [5.41, 5.74) is 7.01. The molecule has 1 amide bonds. The van der Waals surface area contributed by atoms with E-state index in [1.165, 1.54) is 22.3 Å². The van der Waals surface area contributed by atoms with Crippen LogP contribution in [0.3, 0.4) is 0 Å². The Kier molecular flexibility index (Phi) is 4.33. The summed E-state index contributed by atoms with van der Waals surface area (Å²) in [6.45, 7) is 9.48. The monoisotopic (exact) mass is 305 g/mol. The third-order valence-electron chi connectivity index (χ3n) is 4.33. The van der Waals surface area contributed by atoms with Crippen LogP contribution >= 0.6 is 0 Å². The summed E-state index contributed by atoms with van der Waals surface area (Å²) in [5.74, 6) is 0.161. The number of carbonyl (C=O) groups excluding carboxylic acids is 1. The molecular formula is C21H23NO. The second-order valence-electron chi connectivity index (χ2n) is 6.47. The predicted octanol–water partition coefficient (Wildman–Crippen LogP) is 4.90. The lowest BCUT2D eigenvalue weighted by atomic mass is 10.0. The molecule has 0 atom stereocenters. The van der Waals surface area contributed by atoms with Gasteiger partial charge in [-0.05, 0) is 55.0 Å². The maximum Gasteiger partial charge on any atom is 0.254 e. The molecule has 1 aromatic carbocycles. The molecule has 0 spiro atoms. The number of benzene rings is 1. The zero-order valence-electron chi connectivity index (χ0n) is 13.9. The average molecular weight is 305 g/mol. The zero-order chi connectivity index (χ0) is 16.4. The number of nitrogens with zero attached hydrogens (tertiary/aromatic N) is 1. The highest BCUT2D eigenvalue weighted by Gasteiger charge is 2.27. The highest BCUT2D eigenvalue weighted by molar-refractivity contribution is 5.99. The van der Waals surface area contributed by atoms with Gasteiger partial charge in [0.1, 0.15) is 0 Å². The van der Waals surface area contributed by atoms with Crippen molar-refractivity contribution in [2.75, 3.05) is 6.54 Å². The Morgan fingerprint density at radius 3 is 2.74 bits per heavy atom. The van der Waals surface area contributed by atoms with Crippen molar-refractivity contribution in [2.45, 2.75) is 33.2 Å². The number of carbonyl (C=O) groups is 1. The van der Waals surface area contributed by atoms with E-state index in [0.717, 1.165) is 37.1 Å². The van der Waals surface area contributed by atoms with Gasteiger partial charge < -0.3 is 4.90 Å². The summed E-state index contributed by atoms with van der Waals surface area (Å²) >= 11 is 0. The largest absolute Gasteiger partial charge is 0.334 e. The first-order chi connectivity index (χ1) is 11.1. The Morgan fingerprint density at radius 1 is 1.30 bits per heavy atom. The van der Waals surface area contributed by atoms with Gasteiger partial charge in [-0.3, -0.25) is 4.79 Å². The van der Waals surface area contributed by atoms with E-state index in [2.05, 4.69) is 56.9 Å². The van der Waals surface area contributed by atoms with Gasteiger partial charge in [0.25, 0.3) is 5.91 Å². The number of hydrogen-bond donors (Lipinski definition) is 0. The second-order valence-corrected chi connectivity index (χ2v) is 6.47. The molecule has 118 valence electrons. The van der Waals surface area contributed by atoms with Crippen molar-refractivity contribution < 1.29 is 4.79 Å². The molecule has 1 heterocycles. The molecule has 2 heteroatoms. The van der Waals surface area contributed by atoms with Gasteiger partial charge in [0.2, 0.25) is 0 Å². The lowest BCUT2D eigenvalue weighted by Gasteiger charge is -2.15. The van der Waals surface area contributed by atoms with Crippen molar-refractivity contribution in [3.63, 3.8) is 0 Å². The summed E-state index contributed by atoms with van der Waals surface area (Å²) in [7, 11) is 0. The highest BCUT2D eigenvalue weighted by Crippen LogP contribution is 2.34. The fourth-order valence-corrected chi connectivity index (χ4v) is 2.82. The molecule has 0 saturated carbocycles. The van der Waals surface area contributed by atoms with Crippen LogP contribution in [-0.4, -0.2) is 17.4 Å². The van der Waals surface area contributed by atoms with Gasteiger partial charge >= 0.3 is 0 Å². The minimum Gasteiger partial charge on any atom is -0.334 e. The quantitative estimate of drug-likeness (QED) is 0.685. The normalized spacial score (nSPS) is 16.1. The van der Waals surface area contributed by atoms with Crippen molar-refractivity contribution in [3.8, 4) is 0 Å². The standard InChI is InChI=1S/C21H23NO/c1-4-16(6-5-15(2)3)11-12-22-14-19-10-9-18(17-7-8-17)13-20(19)21(22)23/h4-7,9-10,13H,1,8,11-12,14H2,2-3H3. The van der Waals surface area contributed by atoms with Crippen LogP contribution in [-0.2, 0) is 6.54 Å². The Bertz CT molecular complexity index is 745. The van der Waals surface area contributed by atoms with Crippen molar-refractivity contribution in [3.05, 3.63) is 76.9 Å². The molecule has 0 N–H and O–H groups in total. The molecule has 23 heavy (non-hydrogen) atoms. The number of fused-ring (bicyclic) bond motifs is 1. The molecule has 0 bridgehead atoms. The third kappa shape index (κ3) is 3.53. The van der Waals surface area contributed by atoms with Crippen molar-refractivity contribution >= 4 is 11.5 Å². The highest BCUT2D eigenvalue weighted by atomic mass is 16.2. The molecule has 0 aromatic heterocycles. The molecule has 1 aliphatic carbocycles. The summed E-state index contributed by atoms with van der Waals surface area (Å²) < 4.78 is 0. The molecule has 1 aliphatic heterocycles. The summed E-state index contributed by atoms with van der Waals surface area (Å²) in [4.78, 5) is 14.5. The molecule has 0 unspecified atom stereocenters. The van der Waals surface area contributed by atoms with Crippen LogP contribution in [0.15, 0.2) is 60.2 Å². The topological polar surface area (TPSA) is 20.3 Å². The van der Waals surface area contributed by atoms with E-state index in [-0.39, 0.29) is 5.91 Å². The van der Waals surface area contributed by atoms with E-state index >= 15 is 0 Å². The fourth-order valence-electron chi connectivity index (χ4n) is 2.82. The third-order valence-corrected chi connectivity index (χ3v) is 4.33. The maximum atomic E-state index is 12.6. The van der Waals surface area contributed by atoms with Gasteiger partial charge in [0.05, 0.1) is 0 Å². The van der Waals surface area contributed by atoms with E-state index in [0.29, 0.717) is 0 Å². The van der Waals surface area contributed by atoms with Gasteiger partial charge in [0.15, 0.2) is 0 Å². The molecule has 0 saturated heterocycles. The van der Waals surface area contributed by atoms with E-state index < -0.39 is 0 Å². The average Bonchev–Trinajstić information content (AvgIpc) is 3.33. The zero-order valence-corrected chi connectivity index (χ0v) is 13.9. The van der Waals surface area contributed by atoms with E-state index in [4.69, 9.17) is 0 Å². The van der Waals surface area contributed by atoms with Crippen LogP contribution in [0.5, 0.6) is 0 Å². The molecule has 0 radical (unpaired) electrons. The van der Waals surface area contributed by atoms with Crippen LogP contribution in [0.2, 0.25) is 0 Å². The molecule has 3 rings (SSSR count). The van der Waals surface area contributed by atoms with Crippen LogP contribution < -0.4 is 0 Å². The number of rotatable bonds is 6. The first-order valence-corrected chi connectivity index (χ1v) is 8.16. The number of hydrogen-bond acceptors (Lipinski definition) is 1.